The Kier molecular flexibility index (Phi) is 5.11. The summed E-state index contributed by atoms with van der Waals surface area (Å²) in [6, 6.07) is 18.1. The molecule has 0 aliphatic carbocycles. The molecule has 122 valence electrons. The van der Waals surface area contributed by atoms with Gasteiger partial charge in [0.05, 0.1) is 5.25 Å². The van der Waals surface area contributed by atoms with Crippen LogP contribution in [0, 0.1) is 0 Å². The summed E-state index contributed by atoms with van der Waals surface area (Å²) >= 11 is 1.44. The van der Waals surface area contributed by atoms with Crippen molar-refractivity contribution >= 4 is 28.4 Å². The number of hydrogen-bond donors (Lipinski definition) is 1. The number of rotatable bonds is 5. The van der Waals surface area contributed by atoms with E-state index in [4.69, 9.17) is 0 Å². The normalized spacial score (nSPS) is 12.1. The molecule has 3 rings (SSSR count). The molecule has 24 heavy (non-hydrogen) atoms. The highest BCUT2D eigenvalue weighted by Gasteiger charge is 2.17. The zero-order valence-corrected chi connectivity index (χ0v) is 14.5. The number of fused-ring (bicyclic) bond motifs is 1. The molecule has 0 unspecified atom stereocenters. The zero-order valence-electron chi connectivity index (χ0n) is 13.7. The van der Waals surface area contributed by atoms with E-state index in [9.17, 15) is 4.79 Å². The lowest BCUT2D eigenvalue weighted by molar-refractivity contribution is -0.120. The van der Waals surface area contributed by atoms with Crippen molar-refractivity contribution in [2.24, 2.45) is 0 Å². The SMILES string of the molecule is CCNC(=O)[C@H](C)Sc1nnc(-c2ccccc2)c2ccccc12. The van der Waals surface area contributed by atoms with E-state index in [1.54, 1.807) is 0 Å². The maximum Gasteiger partial charge on any atom is 0.233 e. The van der Waals surface area contributed by atoms with Crippen LogP contribution >= 0.6 is 11.8 Å². The molecule has 1 N–H and O–H groups in total. The van der Waals surface area contributed by atoms with Crippen LogP contribution in [0.4, 0.5) is 0 Å². The Morgan fingerprint density at radius 3 is 2.42 bits per heavy atom. The van der Waals surface area contributed by atoms with Gasteiger partial charge >= 0.3 is 0 Å². The first-order chi connectivity index (χ1) is 11.7. The van der Waals surface area contributed by atoms with Crippen molar-refractivity contribution in [1.29, 1.82) is 0 Å². The third-order valence-corrected chi connectivity index (χ3v) is 4.80. The number of benzene rings is 2. The first-order valence-electron chi connectivity index (χ1n) is 7.96. The molecular formula is C19H19N3OS. The molecule has 0 fully saturated rings. The molecule has 1 atom stereocenters. The van der Waals surface area contributed by atoms with E-state index in [1.807, 2.05) is 68.4 Å². The van der Waals surface area contributed by atoms with E-state index < -0.39 is 0 Å². The summed E-state index contributed by atoms with van der Waals surface area (Å²) in [5.74, 6) is 0.0144. The van der Waals surface area contributed by atoms with Gasteiger partial charge in [0.1, 0.15) is 10.7 Å². The molecule has 1 amide bonds. The highest BCUT2D eigenvalue weighted by Crippen LogP contribution is 2.33. The van der Waals surface area contributed by atoms with Gasteiger partial charge in [-0.1, -0.05) is 66.4 Å². The van der Waals surface area contributed by atoms with E-state index in [0.29, 0.717) is 6.54 Å². The fourth-order valence-electron chi connectivity index (χ4n) is 2.51. The van der Waals surface area contributed by atoms with Gasteiger partial charge in [0, 0.05) is 22.9 Å². The monoisotopic (exact) mass is 337 g/mol. The van der Waals surface area contributed by atoms with Gasteiger partial charge in [0.25, 0.3) is 0 Å². The number of carbonyl (C=O) groups excluding carboxylic acids is 1. The van der Waals surface area contributed by atoms with Crippen LogP contribution in [-0.4, -0.2) is 27.9 Å². The Labute approximate surface area is 145 Å². The second-order valence-corrected chi connectivity index (χ2v) is 6.75. The lowest BCUT2D eigenvalue weighted by Crippen LogP contribution is -2.30. The molecule has 1 heterocycles. The number of hydrogen-bond acceptors (Lipinski definition) is 4. The van der Waals surface area contributed by atoms with Crippen LogP contribution in [0.1, 0.15) is 13.8 Å². The minimum Gasteiger partial charge on any atom is -0.355 e. The molecule has 3 aromatic rings. The summed E-state index contributed by atoms with van der Waals surface area (Å²) < 4.78 is 0. The predicted molar refractivity (Wildman–Crippen MR) is 99.0 cm³/mol. The van der Waals surface area contributed by atoms with Gasteiger partial charge in [-0.05, 0) is 13.8 Å². The molecule has 2 aromatic carbocycles. The molecule has 1 aromatic heterocycles. The Balaban J connectivity index is 2.02. The standard InChI is InChI=1S/C19H19N3OS/c1-3-20-18(23)13(2)24-19-16-12-8-7-11-15(16)17(21-22-19)14-9-5-4-6-10-14/h4-13H,3H2,1-2H3,(H,20,23)/t13-/m0/s1. The minimum absolute atomic E-state index is 0.0144. The molecule has 4 nitrogen and oxygen atoms in total. The zero-order chi connectivity index (χ0) is 16.9. The molecule has 0 saturated carbocycles. The highest BCUT2D eigenvalue weighted by molar-refractivity contribution is 8.00. The summed E-state index contributed by atoms with van der Waals surface area (Å²) in [4.78, 5) is 12.0. The quantitative estimate of drug-likeness (QED) is 0.717. The van der Waals surface area contributed by atoms with Crippen LogP contribution in [0.3, 0.4) is 0 Å². The van der Waals surface area contributed by atoms with Crippen LogP contribution < -0.4 is 5.32 Å². The first kappa shape index (κ1) is 16.5. The van der Waals surface area contributed by atoms with Crippen molar-refractivity contribution in [3.05, 3.63) is 54.6 Å². The average Bonchev–Trinajstić information content (AvgIpc) is 2.63. The number of thioether (sulfide) groups is 1. The van der Waals surface area contributed by atoms with Crippen molar-refractivity contribution in [2.75, 3.05) is 6.54 Å². The van der Waals surface area contributed by atoms with E-state index in [2.05, 4.69) is 15.5 Å². The topological polar surface area (TPSA) is 54.9 Å². The van der Waals surface area contributed by atoms with Crippen molar-refractivity contribution < 1.29 is 4.79 Å². The Hall–Kier alpha value is -2.40. The van der Waals surface area contributed by atoms with Gasteiger partial charge in [0.15, 0.2) is 0 Å². The summed E-state index contributed by atoms with van der Waals surface area (Å²) in [5, 5.41) is 14.3. The maximum atomic E-state index is 12.0. The van der Waals surface area contributed by atoms with Crippen molar-refractivity contribution in [3.63, 3.8) is 0 Å². The lowest BCUT2D eigenvalue weighted by Gasteiger charge is -2.13. The van der Waals surface area contributed by atoms with Gasteiger partial charge < -0.3 is 5.32 Å². The minimum atomic E-state index is -0.217. The van der Waals surface area contributed by atoms with E-state index in [1.165, 1.54) is 11.8 Å². The number of nitrogens with zero attached hydrogens (tertiary/aromatic N) is 2. The summed E-state index contributed by atoms with van der Waals surface area (Å²) in [6.45, 7) is 4.43. The molecule has 0 bridgehead atoms. The molecule has 0 radical (unpaired) electrons. The van der Waals surface area contributed by atoms with Crippen LogP contribution in [0.2, 0.25) is 0 Å². The molecule has 0 aliphatic rings. The van der Waals surface area contributed by atoms with Crippen molar-refractivity contribution in [3.8, 4) is 11.3 Å². The summed E-state index contributed by atoms with van der Waals surface area (Å²) in [7, 11) is 0. The fourth-order valence-corrected chi connectivity index (χ4v) is 3.43. The van der Waals surface area contributed by atoms with Gasteiger partial charge in [-0.3, -0.25) is 4.79 Å². The van der Waals surface area contributed by atoms with E-state index in [-0.39, 0.29) is 11.2 Å². The first-order valence-corrected chi connectivity index (χ1v) is 8.84. The second-order valence-electron chi connectivity index (χ2n) is 5.42. The van der Waals surface area contributed by atoms with Crippen LogP contribution in [0.15, 0.2) is 59.6 Å². The molecular weight excluding hydrogens is 318 g/mol. The highest BCUT2D eigenvalue weighted by atomic mass is 32.2. The number of aromatic nitrogens is 2. The Morgan fingerprint density at radius 1 is 1.04 bits per heavy atom. The Morgan fingerprint density at radius 2 is 1.71 bits per heavy atom. The summed E-state index contributed by atoms with van der Waals surface area (Å²) in [6.07, 6.45) is 0. The van der Waals surface area contributed by atoms with E-state index in [0.717, 1.165) is 27.1 Å². The van der Waals surface area contributed by atoms with Gasteiger partial charge in [0.2, 0.25) is 5.91 Å². The van der Waals surface area contributed by atoms with Gasteiger partial charge in [-0.15, -0.1) is 10.2 Å². The lowest BCUT2D eigenvalue weighted by atomic mass is 10.1. The van der Waals surface area contributed by atoms with Crippen LogP contribution in [0.25, 0.3) is 22.0 Å². The Bertz CT molecular complexity index is 852. The van der Waals surface area contributed by atoms with Crippen molar-refractivity contribution in [1.82, 2.24) is 15.5 Å². The van der Waals surface area contributed by atoms with Gasteiger partial charge in [-0.25, -0.2) is 0 Å². The summed E-state index contributed by atoms with van der Waals surface area (Å²) in [5.41, 5.74) is 1.90. The molecule has 0 spiro atoms. The largest absolute Gasteiger partial charge is 0.355 e. The molecule has 5 heteroatoms. The molecule has 0 aliphatic heterocycles. The smallest absolute Gasteiger partial charge is 0.233 e. The van der Waals surface area contributed by atoms with Crippen molar-refractivity contribution in [2.45, 2.75) is 24.1 Å². The second kappa shape index (κ2) is 7.45. The predicted octanol–water partition coefficient (Wildman–Crippen LogP) is 3.91. The average molecular weight is 337 g/mol. The number of amides is 1. The van der Waals surface area contributed by atoms with Crippen LogP contribution in [-0.2, 0) is 4.79 Å². The fraction of sp³-hybridized carbons (Fsp3) is 0.211. The maximum absolute atomic E-state index is 12.0. The third-order valence-electron chi connectivity index (χ3n) is 3.71. The van der Waals surface area contributed by atoms with E-state index >= 15 is 0 Å². The number of nitrogens with one attached hydrogen (secondary N) is 1. The molecule has 0 saturated heterocycles. The van der Waals surface area contributed by atoms with Gasteiger partial charge in [-0.2, -0.15) is 0 Å². The van der Waals surface area contributed by atoms with Crippen LogP contribution in [0.5, 0.6) is 0 Å². The number of carbonyl (C=O) groups is 1. The third kappa shape index (κ3) is 3.41.